The number of rotatable bonds is 6. The quantitative estimate of drug-likeness (QED) is 0.746. The number of aromatic nitrogens is 2. The SMILES string of the molecule is CCN1CCCC(NS(=O)(=O)c2cnn(CCN)c2)C1. The molecule has 1 aromatic heterocycles. The molecule has 1 aliphatic heterocycles. The molecule has 0 aliphatic carbocycles. The van der Waals surface area contributed by atoms with Crippen LogP contribution in [0.1, 0.15) is 19.8 Å². The van der Waals surface area contributed by atoms with E-state index in [1.165, 1.54) is 12.4 Å². The van der Waals surface area contributed by atoms with Gasteiger partial charge in [0, 0.05) is 25.3 Å². The highest BCUT2D eigenvalue weighted by Gasteiger charge is 2.25. The average Bonchev–Trinajstić information content (AvgIpc) is 2.88. The van der Waals surface area contributed by atoms with Crippen molar-refractivity contribution in [1.29, 1.82) is 0 Å². The Kier molecular flexibility index (Phi) is 5.14. The lowest BCUT2D eigenvalue weighted by molar-refractivity contribution is 0.211. The Morgan fingerprint density at radius 1 is 1.55 bits per heavy atom. The van der Waals surface area contributed by atoms with Gasteiger partial charge in [-0.25, -0.2) is 13.1 Å². The third kappa shape index (κ3) is 3.78. The maximum absolute atomic E-state index is 12.3. The minimum atomic E-state index is -3.49. The van der Waals surface area contributed by atoms with Crippen molar-refractivity contribution in [3.05, 3.63) is 12.4 Å². The van der Waals surface area contributed by atoms with Crippen LogP contribution >= 0.6 is 0 Å². The molecular weight excluding hydrogens is 278 g/mol. The van der Waals surface area contributed by atoms with Gasteiger partial charge in [0.25, 0.3) is 0 Å². The van der Waals surface area contributed by atoms with Crippen LogP contribution in [-0.2, 0) is 16.6 Å². The van der Waals surface area contributed by atoms with E-state index in [2.05, 4.69) is 21.6 Å². The first kappa shape index (κ1) is 15.4. The van der Waals surface area contributed by atoms with Gasteiger partial charge in [0.2, 0.25) is 10.0 Å². The molecule has 0 amide bonds. The minimum absolute atomic E-state index is 0.0217. The Morgan fingerprint density at radius 2 is 2.35 bits per heavy atom. The van der Waals surface area contributed by atoms with Crippen molar-refractivity contribution in [3.63, 3.8) is 0 Å². The molecule has 1 saturated heterocycles. The summed E-state index contributed by atoms with van der Waals surface area (Å²) in [5.74, 6) is 0. The van der Waals surface area contributed by atoms with E-state index in [0.717, 1.165) is 32.5 Å². The van der Waals surface area contributed by atoms with E-state index in [0.29, 0.717) is 13.1 Å². The molecule has 114 valence electrons. The van der Waals surface area contributed by atoms with Crippen molar-refractivity contribution in [3.8, 4) is 0 Å². The molecule has 0 saturated carbocycles. The van der Waals surface area contributed by atoms with Crippen molar-refractivity contribution in [2.24, 2.45) is 5.73 Å². The van der Waals surface area contributed by atoms with Crippen molar-refractivity contribution >= 4 is 10.0 Å². The molecule has 2 rings (SSSR count). The highest BCUT2D eigenvalue weighted by Crippen LogP contribution is 2.14. The molecule has 0 bridgehead atoms. The lowest BCUT2D eigenvalue weighted by Crippen LogP contribution is -2.47. The molecule has 0 aromatic carbocycles. The van der Waals surface area contributed by atoms with Crippen LogP contribution in [0.4, 0.5) is 0 Å². The fraction of sp³-hybridized carbons (Fsp3) is 0.750. The number of nitrogens with one attached hydrogen (secondary N) is 1. The summed E-state index contributed by atoms with van der Waals surface area (Å²) in [4.78, 5) is 2.47. The van der Waals surface area contributed by atoms with Crippen LogP contribution in [0.2, 0.25) is 0 Å². The zero-order chi connectivity index (χ0) is 14.6. The second kappa shape index (κ2) is 6.66. The molecular formula is C12H23N5O2S. The lowest BCUT2D eigenvalue weighted by atomic mass is 10.1. The number of likely N-dealkylation sites (tertiary alicyclic amines) is 1. The number of hydrogen-bond acceptors (Lipinski definition) is 5. The third-order valence-electron chi connectivity index (χ3n) is 3.55. The van der Waals surface area contributed by atoms with Gasteiger partial charge in [-0.1, -0.05) is 6.92 Å². The standard InChI is InChI=1S/C12H23N5O2S/c1-2-16-6-3-4-11(9-16)15-20(18,19)12-8-14-17(10-12)7-5-13/h8,10-11,15H,2-7,9,13H2,1H3. The average molecular weight is 301 g/mol. The van der Waals surface area contributed by atoms with E-state index in [1.54, 1.807) is 4.68 Å². The Morgan fingerprint density at radius 3 is 3.05 bits per heavy atom. The van der Waals surface area contributed by atoms with Crippen molar-refractivity contribution in [2.75, 3.05) is 26.2 Å². The van der Waals surface area contributed by atoms with Crippen LogP contribution in [0.15, 0.2) is 17.3 Å². The topological polar surface area (TPSA) is 93.2 Å². The molecule has 1 unspecified atom stereocenters. The van der Waals surface area contributed by atoms with Gasteiger partial charge in [-0.3, -0.25) is 4.68 Å². The molecule has 1 aromatic rings. The van der Waals surface area contributed by atoms with Gasteiger partial charge in [0.05, 0.1) is 12.7 Å². The predicted octanol–water partition coefficient (Wildman–Crippen LogP) is -0.396. The van der Waals surface area contributed by atoms with Gasteiger partial charge >= 0.3 is 0 Å². The Hall–Kier alpha value is -0.960. The van der Waals surface area contributed by atoms with Crippen LogP contribution < -0.4 is 10.5 Å². The molecule has 1 atom stereocenters. The smallest absolute Gasteiger partial charge is 0.243 e. The number of nitrogens with zero attached hydrogens (tertiary/aromatic N) is 3. The number of likely N-dealkylation sites (N-methyl/N-ethyl adjacent to an activating group) is 1. The molecule has 7 nitrogen and oxygen atoms in total. The Labute approximate surface area is 120 Å². The third-order valence-corrected chi connectivity index (χ3v) is 5.03. The Bertz CT molecular complexity index is 528. The van der Waals surface area contributed by atoms with E-state index < -0.39 is 10.0 Å². The van der Waals surface area contributed by atoms with E-state index in [4.69, 9.17) is 5.73 Å². The van der Waals surface area contributed by atoms with Crippen LogP contribution in [0.5, 0.6) is 0 Å². The second-order valence-electron chi connectivity index (χ2n) is 5.08. The lowest BCUT2D eigenvalue weighted by Gasteiger charge is -2.31. The van der Waals surface area contributed by atoms with Crippen LogP contribution in [0, 0.1) is 0 Å². The molecule has 3 N–H and O–H groups in total. The van der Waals surface area contributed by atoms with E-state index in [9.17, 15) is 8.42 Å². The monoisotopic (exact) mass is 301 g/mol. The molecule has 8 heteroatoms. The zero-order valence-electron chi connectivity index (χ0n) is 11.8. The van der Waals surface area contributed by atoms with Gasteiger partial charge in [-0.15, -0.1) is 0 Å². The first-order valence-corrected chi connectivity index (χ1v) is 8.50. The predicted molar refractivity (Wildman–Crippen MR) is 76.7 cm³/mol. The fourth-order valence-electron chi connectivity index (χ4n) is 2.46. The zero-order valence-corrected chi connectivity index (χ0v) is 12.6. The maximum atomic E-state index is 12.3. The number of piperidine rings is 1. The van der Waals surface area contributed by atoms with Crippen molar-refractivity contribution in [1.82, 2.24) is 19.4 Å². The number of sulfonamides is 1. The summed E-state index contributed by atoms with van der Waals surface area (Å²) in [6, 6.07) is -0.0217. The van der Waals surface area contributed by atoms with Crippen LogP contribution in [0.25, 0.3) is 0 Å². The molecule has 20 heavy (non-hydrogen) atoms. The van der Waals surface area contributed by atoms with Gasteiger partial charge in [-0.05, 0) is 25.9 Å². The summed E-state index contributed by atoms with van der Waals surface area (Å²) in [6.07, 6.45) is 4.80. The number of nitrogens with two attached hydrogens (primary N) is 1. The van der Waals surface area contributed by atoms with E-state index in [-0.39, 0.29) is 10.9 Å². The molecule has 0 spiro atoms. The first-order chi connectivity index (χ1) is 9.55. The fourth-order valence-corrected chi connectivity index (χ4v) is 3.68. The first-order valence-electron chi connectivity index (χ1n) is 7.02. The highest BCUT2D eigenvalue weighted by atomic mass is 32.2. The molecule has 1 aliphatic rings. The van der Waals surface area contributed by atoms with Gasteiger partial charge < -0.3 is 10.6 Å². The second-order valence-corrected chi connectivity index (χ2v) is 6.80. The van der Waals surface area contributed by atoms with Crippen molar-refractivity contribution in [2.45, 2.75) is 37.2 Å². The molecule has 2 heterocycles. The molecule has 1 fully saturated rings. The summed E-state index contributed by atoms with van der Waals surface area (Å²) in [7, 11) is -3.49. The summed E-state index contributed by atoms with van der Waals surface area (Å²) >= 11 is 0. The van der Waals surface area contributed by atoms with Crippen LogP contribution in [-0.4, -0.2) is 55.3 Å². The maximum Gasteiger partial charge on any atom is 0.243 e. The van der Waals surface area contributed by atoms with Gasteiger partial charge in [0.1, 0.15) is 4.90 Å². The number of hydrogen-bond donors (Lipinski definition) is 2. The minimum Gasteiger partial charge on any atom is -0.329 e. The van der Waals surface area contributed by atoms with Crippen molar-refractivity contribution < 1.29 is 8.42 Å². The molecule has 0 radical (unpaired) electrons. The van der Waals surface area contributed by atoms with Gasteiger partial charge in [-0.2, -0.15) is 5.10 Å². The summed E-state index contributed by atoms with van der Waals surface area (Å²) in [5, 5.41) is 4.00. The summed E-state index contributed by atoms with van der Waals surface area (Å²) < 4.78 is 28.9. The highest BCUT2D eigenvalue weighted by molar-refractivity contribution is 7.89. The summed E-state index contributed by atoms with van der Waals surface area (Å²) in [6.45, 7) is 5.81. The normalized spacial score (nSPS) is 21.2. The largest absolute Gasteiger partial charge is 0.329 e. The van der Waals surface area contributed by atoms with Gasteiger partial charge in [0.15, 0.2) is 0 Å². The van der Waals surface area contributed by atoms with E-state index in [1.807, 2.05) is 0 Å². The van der Waals surface area contributed by atoms with E-state index >= 15 is 0 Å². The Balaban J connectivity index is 2.02. The van der Waals surface area contributed by atoms with Crippen LogP contribution in [0.3, 0.4) is 0 Å². The summed E-state index contributed by atoms with van der Waals surface area (Å²) in [5.41, 5.74) is 5.43.